The highest BCUT2D eigenvalue weighted by Crippen LogP contribution is 2.39. The van der Waals surface area contributed by atoms with Crippen molar-refractivity contribution in [3.05, 3.63) is 29.3 Å². The van der Waals surface area contributed by atoms with E-state index in [0.717, 1.165) is 12.8 Å². The minimum Gasteiger partial charge on any atom is -0.370 e. The third kappa shape index (κ3) is 3.48. The molecule has 0 heterocycles. The molecule has 1 aromatic carbocycles. The summed E-state index contributed by atoms with van der Waals surface area (Å²) < 4.78 is 28.3. The van der Waals surface area contributed by atoms with Crippen molar-refractivity contribution in [3.63, 3.8) is 0 Å². The van der Waals surface area contributed by atoms with Gasteiger partial charge in [0.25, 0.3) is 0 Å². The molecule has 0 saturated heterocycles. The molecule has 1 saturated carbocycles. The zero-order valence-electron chi connectivity index (χ0n) is 12.5. The monoisotopic (exact) mass is 282 g/mol. The van der Waals surface area contributed by atoms with Crippen LogP contribution in [0.25, 0.3) is 0 Å². The highest BCUT2D eigenvalue weighted by Gasteiger charge is 2.34. The summed E-state index contributed by atoms with van der Waals surface area (Å²) in [4.78, 5) is 1.70. The second-order valence-corrected chi connectivity index (χ2v) is 6.13. The van der Waals surface area contributed by atoms with Crippen LogP contribution in [0.5, 0.6) is 0 Å². The highest BCUT2D eigenvalue weighted by atomic mass is 19.1. The van der Waals surface area contributed by atoms with Gasteiger partial charge in [0, 0.05) is 19.6 Å². The average molecular weight is 282 g/mol. The van der Waals surface area contributed by atoms with Gasteiger partial charge in [0.05, 0.1) is 0 Å². The quantitative estimate of drug-likeness (QED) is 0.867. The van der Waals surface area contributed by atoms with Crippen LogP contribution in [0.1, 0.15) is 32.3 Å². The van der Waals surface area contributed by atoms with E-state index in [0.29, 0.717) is 30.4 Å². The van der Waals surface area contributed by atoms with Gasteiger partial charge in [-0.1, -0.05) is 13.8 Å². The molecule has 0 amide bonds. The molecule has 3 atom stereocenters. The van der Waals surface area contributed by atoms with Crippen molar-refractivity contribution in [2.45, 2.75) is 39.2 Å². The lowest BCUT2D eigenvalue weighted by Gasteiger charge is -2.21. The highest BCUT2D eigenvalue weighted by molar-refractivity contribution is 5.50. The van der Waals surface area contributed by atoms with Crippen molar-refractivity contribution in [2.75, 3.05) is 18.5 Å². The van der Waals surface area contributed by atoms with Gasteiger partial charge in [-0.3, -0.25) is 0 Å². The van der Waals surface area contributed by atoms with E-state index in [2.05, 4.69) is 6.92 Å². The minimum atomic E-state index is -0.487. The van der Waals surface area contributed by atoms with Crippen LogP contribution in [0, 0.1) is 23.5 Å². The maximum atomic E-state index is 14.2. The average Bonchev–Trinajstić information content (AvgIpc) is 3.03. The van der Waals surface area contributed by atoms with Crippen molar-refractivity contribution in [2.24, 2.45) is 17.6 Å². The molecule has 112 valence electrons. The molecule has 1 aliphatic rings. The lowest BCUT2D eigenvalue weighted by Crippen LogP contribution is -2.24. The summed E-state index contributed by atoms with van der Waals surface area (Å²) in [5, 5.41) is 0. The molecule has 1 aromatic rings. The molecular weight excluding hydrogens is 258 g/mol. The Kier molecular flexibility index (Phi) is 4.63. The van der Waals surface area contributed by atoms with Crippen molar-refractivity contribution in [3.8, 4) is 0 Å². The second kappa shape index (κ2) is 6.08. The number of anilines is 1. The largest absolute Gasteiger partial charge is 0.370 e. The Morgan fingerprint density at radius 1 is 1.35 bits per heavy atom. The fraction of sp³-hybridized carbons (Fsp3) is 0.625. The first-order valence-corrected chi connectivity index (χ1v) is 7.37. The van der Waals surface area contributed by atoms with Gasteiger partial charge in [-0.05, 0) is 48.8 Å². The lowest BCUT2D eigenvalue weighted by molar-refractivity contribution is 0.563. The number of nitrogens with two attached hydrogens (primary N) is 1. The first-order chi connectivity index (χ1) is 9.42. The summed E-state index contributed by atoms with van der Waals surface area (Å²) >= 11 is 0. The Labute approximate surface area is 120 Å². The normalized spacial score (nSPS) is 22.7. The Balaban J connectivity index is 2.13. The molecule has 0 radical (unpaired) electrons. The molecule has 4 heteroatoms. The SMILES string of the molecule is CCC(N)Cc1cc(F)c(N(C)CC2CC2C)c(F)c1. The molecule has 2 rings (SSSR count). The Morgan fingerprint density at radius 3 is 2.35 bits per heavy atom. The van der Waals surface area contributed by atoms with E-state index < -0.39 is 11.6 Å². The van der Waals surface area contributed by atoms with Crippen LogP contribution in [0.2, 0.25) is 0 Å². The van der Waals surface area contributed by atoms with E-state index >= 15 is 0 Å². The summed E-state index contributed by atoms with van der Waals surface area (Å²) in [6.07, 6.45) is 2.45. The lowest BCUT2D eigenvalue weighted by atomic mass is 10.0. The maximum Gasteiger partial charge on any atom is 0.149 e. The number of nitrogens with zero attached hydrogens (tertiary/aromatic N) is 1. The summed E-state index contributed by atoms with van der Waals surface area (Å²) in [7, 11) is 1.75. The van der Waals surface area contributed by atoms with Crippen molar-refractivity contribution in [1.29, 1.82) is 0 Å². The molecular formula is C16H24F2N2. The van der Waals surface area contributed by atoms with Gasteiger partial charge >= 0.3 is 0 Å². The Morgan fingerprint density at radius 2 is 1.90 bits per heavy atom. The molecule has 2 N–H and O–H groups in total. The predicted molar refractivity (Wildman–Crippen MR) is 78.9 cm³/mol. The zero-order valence-corrected chi connectivity index (χ0v) is 12.5. The standard InChI is InChI=1S/C16H24F2N2/c1-4-13(19)6-11-7-14(17)16(15(18)8-11)20(3)9-12-5-10(12)2/h7-8,10,12-13H,4-6,9,19H2,1-3H3. The van der Waals surface area contributed by atoms with Gasteiger partial charge in [-0.2, -0.15) is 0 Å². The molecule has 3 unspecified atom stereocenters. The first kappa shape index (κ1) is 15.2. The second-order valence-electron chi connectivity index (χ2n) is 6.13. The Hall–Kier alpha value is -1.16. The molecule has 0 aromatic heterocycles. The number of benzene rings is 1. The molecule has 0 bridgehead atoms. The van der Waals surface area contributed by atoms with Gasteiger partial charge in [0.2, 0.25) is 0 Å². The van der Waals surface area contributed by atoms with Crippen LogP contribution in [-0.4, -0.2) is 19.6 Å². The molecule has 1 aliphatic carbocycles. The van der Waals surface area contributed by atoms with Crippen molar-refractivity contribution >= 4 is 5.69 Å². The minimum absolute atomic E-state index is 0.0512. The summed E-state index contributed by atoms with van der Waals surface area (Å²) in [6.45, 7) is 4.85. The number of rotatable bonds is 6. The van der Waals surface area contributed by atoms with Crippen LogP contribution in [0.3, 0.4) is 0 Å². The summed E-state index contributed by atoms with van der Waals surface area (Å²) in [5.74, 6) is 0.260. The van der Waals surface area contributed by atoms with Crippen molar-refractivity contribution < 1.29 is 8.78 Å². The smallest absolute Gasteiger partial charge is 0.149 e. The van der Waals surface area contributed by atoms with Gasteiger partial charge in [0.1, 0.15) is 17.3 Å². The molecule has 0 spiro atoms. The molecule has 20 heavy (non-hydrogen) atoms. The molecule has 0 aliphatic heterocycles. The first-order valence-electron chi connectivity index (χ1n) is 7.37. The van der Waals surface area contributed by atoms with Crippen LogP contribution in [-0.2, 0) is 6.42 Å². The van der Waals surface area contributed by atoms with E-state index in [1.165, 1.54) is 12.1 Å². The van der Waals surface area contributed by atoms with E-state index in [9.17, 15) is 8.78 Å². The van der Waals surface area contributed by atoms with Crippen molar-refractivity contribution in [1.82, 2.24) is 0 Å². The summed E-state index contributed by atoms with van der Waals surface area (Å²) in [5.41, 5.74) is 6.55. The third-order valence-corrected chi connectivity index (χ3v) is 4.27. The van der Waals surface area contributed by atoms with Gasteiger partial charge < -0.3 is 10.6 Å². The number of hydrogen-bond donors (Lipinski definition) is 1. The van der Waals surface area contributed by atoms with Crippen LogP contribution < -0.4 is 10.6 Å². The van der Waals surface area contributed by atoms with E-state index in [1.807, 2.05) is 6.92 Å². The van der Waals surface area contributed by atoms with Gasteiger partial charge in [0.15, 0.2) is 0 Å². The number of halogens is 2. The summed E-state index contributed by atoms with van der Waals surface area (Å²) in [6, 6.07) is 2.78. The molecule has 1 fully saturated rings. The maximum absolute atomic E-state index is 14.2. The zero-order chi connectivity index (χ0) is 14.9. The van der Waals surface area contributed by atoms with Gasteiger partial charge in [-0.15, -0.1) is 0 Å². The topological polar surface area (TPSA) is 29.3 Å². The van der Waals surface area contributed by atoms with E-state index in [4.69, 9.17) is 5.73 Å². The third-order valence-electron chi connectivity index (χ3n) is 4.27. The molecule has 2 nitrogen and oxygen atoms in total. The van der Waals surface area contributed by atoms with Crippen LogP contribution in [0.15, 0.2) is 12.1 Å². The van der Waals surface area contributed by atoms with Gasteiger partial charge in [-0.25, -0.2) is 8.78 Å². The fourth-order valence-electron chi connectivity index (χ4n) is 2.64. The predicted octanol–water partition coefficient (Wildman–Crippen LogP) is 3.34. The van der Waals surface area contributed by atoms with E-state index in [-0.39, 0.29) is 11.7 Å². The number of hydrogen-bond acceptors (Lipinski definition) is 2. The van der Waals surface area contributed by atoms with Crippen LogP contribution >= 0.6 is 0 Å². The fourth-order valence-corrected chi connectivity index (χ4v) is 2.64. The Bertz CT molecular complexity index is 453. The van der Waals surface area contributed by atoms with E-state index in [1.54, 1.807) is 11.9 Å². The van der Waals surface area contributed by atoms with Crippen LogP contribution in [0.4, 0.5) is 14.5 Å².